The minimum atomic E-state index is -0.783. The van der Waals surface area contributed by atoms with Crippen molar-refractivity contribution in [3.8, 4) is 5.75 Å². The molecule has 0 radical (unpaired) electrons. The van der Waals surface area contributed by atoms with Crippen LogP contribution >= 0.6 is 0 Å². The third kappa shape index (κ3) is 2.83. The summed E-state index contributed by atoms with van der Waals surface area (Å²) in [5, 5.41) is 23.0. The highest BCUT2D eigenvalue weighted by Crippen LogP contribution is 2.30. The number of nitro groups is 1. The highest BCUT2D eigenvalue weighted by molar-refractivity contribution is 5.49. The van der Waals surface area contributed by atoms with E-state index in [1.165, 1.54) is 25.3 Å². The first kappa shape index (κ1) is 12.8. The minimum absolute atomic E-state index is 0.0547. The molecule has 17 heavy (non-hydrogen) atoms. The van der Waals surface area contributed by atoms with Crippen LogP contribution in [0.4, 0.5) is 5.69 Å². The summed E-state index contributed by atoms with van der Waals surface area (Å²) in [5.41, 5.74) is 8.57. The van der Waals surface area contributed by atoms with E-state index < -0.39 is 11.0 Å². The van der Waals surface area contributed by atoms with Crippen LogP contribution in [0.2, 0.25) is 0 Å². The van der Waals surface area contributed by atoms with Gasteiger partial charge in [-0.25, -0.2) is 0 Å². The van der Waals surface area contributed by atoms with Gasteiger partial charge >= 0.3 is 5.69 Å². The molecule has 0 fully saturated rings. The Bertz CT molecular complexity index is 470. The van der Waals surface area contributed by atoms with E-state index in [-0.39, 0.29) is 18.0 Å². The Balaban J connectivity index is 3.20. The summed E-state index contributed by atoms with van der Waals surface area (Å²) in [7, 11) is 1.30. The molecule has 1 N–H and O–H groups in total. The van der Waals surface area contributed by atoms with E-state index in [4.69, 9.17) is 15.4 Å². The van der Waals surface area contributed by atoms with E-state index in [2.05, 4.69) is 10.0 Å². The molecule has 90 valence electrons. The van der Waals surface area contributed by atoms with E-state index >= 15 is 0 Å². The summed E-state index contributed by atoms with van der Waals surface area (Å²) < 4.78 is 4.86. The number of rotatable bonds is 5. The van der Waals surface area contributed by atoms with Gasteiger partial charge in [-0.2, -0.15) is 0 Å². The summed E-state index contributed by atoms with van der Waals surface area (Å²) in [4.78, 5) is 12.7. The number of ether oxygens (including phenoxy) is 1. The Morgan fingerprint density at radius 3 is 2.88 bits per heavy atom. The fourth-order valence-corrected chi connectivity index (χ4v) is 1.32. The first-order chi connectivity index (χ1) is 8.13. The van der Waals surface area contributed by atoms with Gasteiger partial charge in [0.15, 0.2) is 5.75 Å². The van der Waals surface area contributed by atoms with Crippen LogP contribution in [-0.4, -0.2) is 23.7 Å². The summed E-state index contributed by atoms with van der Waals surface area (Å²) in [6.07, 6.45) is 0. The van der Waals surface area contributed by atoms with Gasteiger partial charge in [-0.1, -0.05) is 11.2 Å². The molecule has 1 rings (SSSR count). The largest absolute Gasteiger partial charge is 0.490 e. The van der Waals surface area contributed by atoms with Gasteiger partial charge in [0.1, 0.15) is 0 Å². The fourth-order valence-electron chi connectivity index (χ4n) is 1.32. The lowest BCUT2D eigenvalue weighted by atomic mass is 10.1. The molecule has 0 spiro atoms. The van der Waals surface area contributed by atoms with Crippen LogP contribution in [0.3, 0.4) is 0 Å². The highest BCUT2D eigenvalue weighted by Gasteiger charge is 2.17. The van der Waals surface area contributed by atoms with Crippen LogP contribution in [-0.2, 0) is 0 Å². The van der Waals surface area contributed by atoms with E-state index in [0.717, 1.165) is 0 Å². The molecular weight excluding hydrogens is 228 g/mol. The SMILES string of the molecule is COc1cc(C(CO)N=[N+]=[N-])ccc1[N+](=O)[O-]. The van der Waals surface area contributed by atoms with Gasteiger partial charge in [-0.3, -0.25) is 10.1 Å². The van der Waals surface area contributed by atoms with Crippen molar-refractivity contribution in [1.82, 2.24) is 0 Å². The van der Waals surface area contributed by atoms with Crippen LogP contribution in [0.1, 0.15) is 11.6 Å². The van der Waals surface area contributed by atoms with Crippen molar-refractivity contribution < 1.29 is 14.8 Å². The number of nitro benzene ring substituents is 1. The summed E-state index contributed by atoms with van der Waals surface area (Å²) in [6, 6.07) is 3.24. The summed E-state index contributed by atoms with van der Waals surface area (Å²) >= 11 is 0. The number of aliphatic hydroxyl groups is 1. The molecule has 0 aliphatic rings. The molecule has 0 aliphatic carbocycles. The molecule has 8 nitrogen and oxygen atoms in total. The number of aliphatic hydroxyl groups excluding tert-OH is 1. The molecule has 0 aromatic heterocycles. The first-order valence-electron chi connectivity index (χ1n) is 4.61. The molecule has 1 atom stereocenters. The zero-order valence-corrected chi connectivity index (χ0v) is 8.98. The van der Waals surface area contributed by atoms with Gasteiger partial charge in [0, 0.05) is 11.0 Å². The Kier molecular flexibility index (Phi) is 4.27. The molecule has 8 heteroatoms. The van der Waals surface area contributed by atoms with Crippen LogP contribution in [0.5, 0.6) is 5.75 Å². The molecule has 1 unspecified atom stereocenters. The number of azide groups is 1. The average Bonchev–Trinajstić information content (AvgIpc) is 2.34. The summed E-state index contributed by atoms with van der Waals surface area (Å²) in [6.45, 7) is -0.384. The van der Waals surface area contributed by atoms with Gasteiger partial charge in [0.25, 0.3) is 0 Å². The zero-order chi connectivity index (χ0) is 12.8. The maximum Gasteiger partial charge on any atom is 0.310 e. The molecule has 0 saturated carbocycles. The molecule has 0 amide bonds. The Morgan fingerprint density at radius 2 is 2.41 bits per heavy atom. The molecule has 1 aromatic carbocycles. The second-order valence-corrected chi connectivity index (χ2v) is 3.09. The quantitative estimate of drug-likeness (QED) is 0.277. The average molecular weight is 238 g/mol. The van der Waals surface area contributed by atoms with Crippen molar-refractivity contribution >= 4 is 5.69 Å². The van der Waals surface area contributed by atoms with Crippen molar-refractivity contribution in [3.63, 3.8) is 0 Å². The number of hydrogen-bond donors (Lipinski definition) is 1. The second kappa shape index (κ2) is 5.69. The number of nitrogens with zero attached hydrogens (tertiary/aromatic N) is 4. The van der Waals surface area contributed by atoms with Crippen molar-refractivity contribution in [3.05, 3.63) is 44.3 Å². The zero-order valence-electron chi connectivity index (χ0n) is 8.98. The Labute approximate surface area is 96.2 Å². The van der Waals surface area contributed by atoms with Crippen LogP contribution < -0.4 is 4.74 Å². The number of hydrogen-bond acceptors (Lipinski definition) is 5. The maximum atomic E-state index is 10.7. The van der Waals surface area contributed by atoms with E-state index in [1.807, 2.05) is 0 Å². The molecule has 0 aliphatic heterocycles. The third-order valence-electron chi connectivity index (χ3n) is 2.15. The predicted molar refractivity (Wildman–Crippen MR) is 58.6 cm³/mol. The van der Waals surface area contributed by atoms with Gasteiger partial charge in [0.05, 0.1) is 24.7 Å². The molecule has 0 bridgehead atoms. The van der Waals surface area contributed by atoms with Gasteiger partial charge < -0.3 is 9.84 Å². The standard InChI is InChI=1S/C9H10N4O4/c1-17-9-4-6(7(5-14)11-12-10)2-3-8(9)13(15)16/h2-4,7,14H,5H2,1H3. The van der Waals surface area contributed by atoms with Gasteiger partial charge in [-0.05, 0) is 17.2 Å². The lowest BCUT2D eigenvalue weighted by molar-refractivity contribution is -0.385. The van der Waals surface area contributed by atoms with Gasteiger partial charge in [-0.15, -0.1) is 0 Å². The minimum Gasteiger partial charge on any atom is -0.490 e. The van der Waals surface area contributed by atoms with E-state index in [9.17, 15) is 10.1 Å². The van der Waals surface area contributed by atoms with Crippen molar-refractivity contribution in [1.29, 1.82) is 0 Å². The van der Waals surface area contributed by atoms with Crippen LogP contribution in [0, 0.1) is 10.1 Å². The van der Waals surface area contributed by atoms with E-state index in [1.54, 1.807) is 0 Å². The Hall–Kier alpha value is -2.31. The van der Waals surface area contributed by atoms with Crippen LogP contribution in [0.15, 0.2) is 23.3 Å². The molecule has 0 saturated heterocycles. The highest BCUT2D eigenvalue weighted by atomic mass is 16.6. The van der Waals surface area contributed by atoms with Gasteiger partial charge in [0.2, 0.25) is 0 Å². The first-order valence-corrected chi connectivity index (χ1v) is 4.61. The lowest BCUT2D eigenvalue weighted by Gasteiger charge is -2.09. The van der Waals surface area contributed by atoms with Crippen molar-refractivity contribution in [2.45, 2.75) is 6.04 Å². The van der Waals surface area contributed by atoms with E-state index in [0.29, 0.717) is 5.56 Å². The molecule has 0 heterocycles. The second-order valence-electron chi connectivity index (χ2n) is 3.09. The summed E-state index contributed by atoms with van der Waals surface area (Å²) in [5.74, 6) is 0.0547. The van der Waals surface area contributed by atoms with Crippen molar-refractivity contribution in [2.24, 2.45) is 5.11 Å². The Morgan fingerprint density at radius 1 is 1.71 bits per heavy atom. The maximum absolute atomic E-state index is 10.7. The third-order valence-corrected chi connectivity index (χ3v) is 2.15. The van der Waals surface area contributed by atoms with Crippen LogP contribution in [0.25, 0.3) is 10.4 Å². The monoisotopic (exact) mass is 238 g/mol. The molecular formula is C9H10N4O4. The fraction of sp³-hybridized carbons (Fsp3) is 0.333. The lowest BCUT2D eigenvalue weighted by Crippen LogP contribution is -2.02. The predicted octanol–water partition coefficient (Wildman–Crippen LogP) is 1.95. The normalized spacial score (nSPS) is 11.4. The smallest absolute Gasteiger partial charge is 0.310 e. The molecule has 1 aromatic rings. The number of benzene rings is 1. The topological polar surface area (TPSA) is 121 Å². The number of methoxy groups -OCH3 is 1. The van der Waals surface area contributed by atoms with Crippen molar-refractivity contribution in [2.75, 3.05) is 13.7 Å².